The number of hydrogen-bond donors (Lipinski definition) is 2. The van der Waals surface area contributed by atoms with Crippen molar-refractivity contribution in [3.8, 4) is 5.75 Å². The van der Waals surface area contributed by atoms with Crippen LogP contribution in [-0.2, 0) is 4.65 Å². The van der Waals surface area contributed by atoms with Crippen molar-refractivity contribution in [2.24, 2.45) is 0 Å². The Morgan fingerprint density at radius 3 is 2.36 bits per heavy atom. The van der Waals surface area contributed by atoms with Gasteiger partial charge in [0.25, 0.3) is 0 Å². The highest BCUT2D eigenvalue weighted by molar-refractivity contribution is 6.60. The zero-order valence-electron chi connectivity index (χ0n) is 13.5. The zero-order chi connectivity index (χ0) is 17.1. The van der Waals surface area contributed by atoms with Gasteiger partial charge in [-0.1, -0.05) is 6.07 Å². The summed E-state index contributed by atoms with van der Waals surface area (Å²) < 4.78 is 10.6. The molecule has 0 bridgehead atoms. The van der Waals surface area contributed by atoms with Gasteiger partial charge in [0.15, 0.2) is 5.75 Å². The van der Waals surface area contributed by atoms with Crippen molar-refractivity contribution in [3.05, 3.63) is 28.3 Å². The molecule has 1 rings (SSSR count). The van der Waals surface area contributed by atoms with Crippen LogP contribution >= 0.6 is 0 Å². The normalized spacial score (nSPS) is 12.1. The SMILES string of the molecule is CCOc1ccc(B(O)OC(C)(C)C(C)(C)O)cc1[N+](=O)[O-]. The van der Waals surface area contributed by atoms with Crippen molar-refractivity contribution >= 4 is 18.3 Å². The fourth-order valence-corrected chi connectivity index (χ4v) is 1.60. The molecule has 1 aromatic rings. The first kappa shape index (κ1) is 18.4. The van der Waals surface area contributed by atoms with Crippen molar-refractivity contribution in [3.63, 3.8) is 0 Å². The van der Waals surface area contributed by atoms with Gasteiger partial charge in [0.2, 0.25) is 0 Å². The Balaban J connectivity index is 3.07. The van der Waals surface area contributed by atoms with E-state index >= 15 is 0 Å². The van der Waals surface area contributed by atoms with Crippen molar-refractivity contribution in [1.29, 1.82) is 0 Å². The molecule has 0 fully saturated rings. The Hall–Kier alpha value is -1.64. The highest BCUT2D eigenvalue weighted by Crippen LogP contribution is 2.27. The lowest BCUT2D eigenvalue weighted by molar-refractivity contribution is -0.385. The van der Waals surface area contributed by atoms with Gasteiger partial charge in [0.1, 0.15) is 0 Å². The maximum absolute atomic E-state index is 11.1. The van der Waals surface area contributed by atoms with Crippen LogP contribution in [0.3, 0.4) is 0 Å². The zero-order valence-corrected chi connectivity index (χ0v) is 13.5. The number of hydrogen-bond acceptors (Lipinski definition) is 6. The highest BCUT2D eigenvalue weighted by Gasteiger charge is 2.39. The first-order chi connectivity index (χ1) is 9.99. The predicted molar refractivity (Wildman–Crippen MR) is 83.3 cm³/mol. The Labute approximate surface area is 130 Å². The summed E-state index contributed by atoms with van der Waals surface area (Å²) in [4.78, 5) is 10.5. The molecule has 0 aliphatic heterocycles. The monoisotopic (exact) mass is 311 g/mol. The van der Waals surface area contributed by atoms with Crippen LogP contribution in [0.2, 0.25) is 0 Å². The quantitative estimate of drug-likeness (QED) is 0.446. The van der Waals surface area contributed by atoms with Crippen molar-refractivity contribution in [2.75, 3.05) is 6.61 Å². The molecule has 0 saturated heterocycles. The second-order valence-electron chi connectivity index (χ2n) is 5.96. The summed E-state index contributed by atoms with van der Waals surface area (Å²) in [6, 6.07) is 4.11. The van der Waals surface area contributed by atoms with Crippen molar-refractivity contribution < 1.29 is 24.4 Å². The molecule has 0 heterocycles. The highest BCUT2D eigenvalue weighted by atomic mass is 16.6. The lowest BCUT2D eigenvalue weighted by Gasteiger charge is -2.38. The summed E-state index contributed by atoms with van der Waals surface area (Å²) in [7, 11) is -1.41. The molecule has 0 amide bonds. The van der Waals surface area contributed by atoms with Crippen LogP contribution < -0.4 is 10.2 Å². The molecule has 22 heavy (non-hydrogen) atoms. The number of aliphatic hydroxyl groups is 1. The van der Waals surface area contributed by atoms with E-state index in [1.165, 1.54) is 18.2 Å². The Bertz CT molecular complexity index is 541. The number of nitro benzene ring substituents is 1. The molecular formula is C14H22BNO6. The summed E-state index contributed by atoms with van der Waals surface area (Å²) in [5.74, 6) is 0.130. The van der Waals surface area contributed by atoms with Gasteiger partial charge in [-0.05, 0) is 46.1 Å². The molecule has 0 aliphatic carbocycles. The number of rotatable bonds is 7. The predicted octanol–water partition coefficient (Wildman–Crippen LogP) is 1.25. The molecular weight excluding hydrogens is 289 g/mol. The summed E-state index contributed by atoms with van der Waals surface area (Å²) in [6.45, 7) is 8.38. The summed E-state index contributed by atoms with van der Waals surface area (Å²) in [6.07, 6.45) is 0. The molecule has 0 aromatic heterocycles. The molecule has 0 aliphatic rings. The smallest absolute Gasteiger partial charge is 0.487 e. The van der Waals surface area contributed by atoms with Gasteiger partial charge in [-0.2, -0.15) is 0 Å². The molecule has 0 spiro atoms. The van der Waals surface area contributed by atoms with Gasteiger partial charge >= 0.3 is 12.8 Å². The van der Waals surface area contributed by atoms with E-state index in [0.717, 1.165) is 0 Å². The lowest BCUT2D eigenvalue weighted by Crippen LogP contribution is -2.53. The summed E-state index contributed by atoms with van der Waals surface area (Å²) in [5, 5.41) is 31.3. The van der Waals surface area contributed by atoms with Crippen LogP contribution in [0.15, 0.2) is 18.2 Å². The van der Waals surface area contributed by atoms with Crippen LogP contribution in [-0.4, -0.2) is 40.0 Å². The van der Waals surface area contributed by atoms with Gasteiger partial charge in [-0.3, -0.25) is 10.1 Å². The first-order valence-electron chi connectivity index (χ1n) is 6.99. The van der Waals surface area contributed by atoms with E-state index in [2.05, 4.69) is 0 Å². The summed E-state index contributed by atoms with van der Waals surface area (Å²) >= 11 is 0. The van der Waals surface area contributed by atoms with Crippen LogP contribution in [0.25, 0.3) is 0 Å². The lowest BCUT2D eigenvalue weighted by atomic mass is 9.76. The second kappa shape index (κ2) is 6.64. The molecule has 0 atom stereocenters. The molecule has 7 nitrogen and oxygen atoms in total. The molecule has 8 heteroatoms. The Kier molecular flexibility index (Phi) is 5.56. The third-order valence-corrected chi connectivity index (χ3v) is 3.64. The van der Waals surface area contributed by atoms with Gasteiger partial charge in [-0.15, -0.1) is 0 Å². The van der Waals surface area contributed by atoms with Crippen LogP contribution in [0.5, 0.6) is 5.75 Å². The third-order valence-electron chi connectivity index (χ3n) is 3.64. The van der Waals surface area contributed by atoms with Crippen LogP contribution in [0.1, 0.15) is 34.6 Å². The number of nitro groups is 1. The number of nitrogens with zero attached hydrogens (tertiary/aromatic N) is 1. The molecule has 0 saturated carbocycles. The van der Waals surface area contributed by atoms with E-state index < -0.39 is 23.2 Å². The first-order valence-corrected chi connectivity index (χ1v) is 6.99. The van der Waals surface area contributed by atoms with Gasteiger partial charge < -0.3 is 19.5 Å². The number of benzene rings is 1. The average molecular weight is 311 g/mol. The third kappa shape index (κ3) is 4.19. The Morgan fingerprint density at radius 1 is 1.32 bits per heavy atom. The molecule has 122 valence electrons. The maximum Gasteiger partial charge on any atom is 0.491 e. The Morgan fingerprint density at radius 2 is 1.91 bits per heavy atom. The van der Waals surface area contributed by atoms with E-state index in [4.69, 9.17) is 9.39 Å². The maximum atomic E-state index is 11.1. The molecule has 2 N–H and O–H groups in total. The molecule has 0 unspecified atom stereocenters. The van der Waals surface area contributed by atoms with Crippen LogP contribution in [0.4, 0.5) is 5.69 Å². The molecule has 1 aromatic carbocycles. The fraction of sp³-hybridized carbons (Fsp3) is 0.571. The van der Waals surface area contributed by atoms with E-state index in [0.29, 0.717) is 6.61 Å². The van der Waals surface area contributed by atoms with Crippen molar-refractivity contribution in [2.45, 2.75) is 45.8 Å². The van der Waals surface area contributed by atoms with Crippen LogP contribution in [0, 0.1) is 10.1 Å². The topological polar surface area (TPSA) is 102 Å². The van der Waals surface area contributed by atoms with Gasteiger partial charge in [-0.25, -0.2) is 0 Å². The molecule has 0 radical (unpaired) electrons. The minimum atomic E-state index is -1.41. The van der Waals surface area contributed by atoms with E-state index in [-0.39, 0.29) is 16.9 Å². The number of ether oxygens (including phenoxy) is 1. The minimum absolute atomic E-state index is 0.130. The van der Waals surface area contributed by atoms with E-state index in [9.17, 15) is 20.2 Å². The van der Waals surface area contributed by atoms with Crippen molar-refractivity contribution in [1.82, 2.24) is 0 Å². The summed E-state index contributed by atoms with van der Waals surface area (Å²) in [5.41, 5.74) is -2.29. The van der Waals surface area contributed by atoms with Gasteiger partial charge in [0.05, 0.1) is 22.7 Å². The average Bonchev–Trinajstić information content (AvgIpc) is 2.37. The fourth-order valence-electron chi connectivity index (χ4n) is 1.60. The van der Waals surface area contributed by atoms with E-state index in [1.54, 1.807) is 34.6 Å². The van der Waals surface area contributed by atoms with Gasteiger partial charge in [0, 0.05) is 6.07 Å². The second-order valence-corrected chi connectivity index (χ2v) is 5.96. The standard InChI is InChI=1S/C14H22BNO6/c1-6-21-12-8-7-10(9-11(12)16(19)20)15(18)22-14(4,5)13(2,3)17/h7-9,17-18H,6H2,1-5H3. The largest absolute Gasteiger partial charge is 0.491 e. The van der Waals surface area contributed by atoms with E-state index in [1.807, 2.05) is 0 Å². The minimum Gasteiger partial charge on any atom is -0.487 e.